The van der Waals surface area contributed by atoms with Crippen LogP contribution in [-0.4, -0.2) is 28.3 Å². The Morgan fingerprint density at radius 2 is 2.12 bits per heavy atom. The van der Waals surface area contributed by atoms with Gasteiger partial charge in [0.1, 0.15) is 12.3 Å². The molecule has 2 N–H and O–H groups in total. The molecular weight excluding hydrogens is 236 g/mol. The molecule has 2 heterocycles. The van der Waals surface area contributed by atoms with Crippen molar-refractivity contribution in [1.29, 1.82) is 0 Å². The Morgan fingerprint density at radius 3 is 2.65 bits per heavy atom. The maximum atomic E-state index is 5.34. The van der Waals surface area contributed by atoms with E-state index in [1.807, 2.05) is 19.9 Å². The summed E-state index contributed by atoms with van der Waals surface area (Å²) < 4.78 is 5.27. The Balaban J connectivity index is 2.20. The summed E-state index contributed by atoms with van der Waals surface area (Å²) in [5.74, 6) is 0.498. The molecule has 0 unspecified atom stereocenters. The Kier molecular flexibility index (Phi) is 3.65. The lowest BCUT2D eigenvalue weighted by molar-refractivity contribution is 0.312. The molecule has 0 fully saturated rings. The SMILES string of the molecule is Cc1nc(C)c(-c2ccc(OCCN)nn2)s1. The van der Waals surface area contributed by atoms with E-state index in [9.17, 15) is 0 Å². The first-order valence-electron chi connectivity index (χ1n) is 5.31. The van der Waals surface area contributed by atoms with Crippen LogP contribution in [0.25, 0.3) is 10.6 Å². The average Bonchev–Trinajstić information content (AvgIpc) is 2.66. The number of aromatic nitrogens is 3. The first kappa shape index (κ1) is 11.9. The minimum atomic E-state index is 0.451. The van der Waals surface area contributed by atoms with Crippen molar-refractivity contribution in [2.24, 2.45) is 5.73 Å². The summed E-state index contributed by atoms with van der Waals surface area (Å²) in [6, 6.07) is 3.69. The van der Waals surface area contributed by atoms with Gasteiger partial charge in [0.2, 0.25) is 5.88 Å². The van der Waals surface area contributed by atoms with Gasteiger partial charge in [-0.3, -0.25) is 0 Å². The number of rotatable bonds is 4. The lowest BCUT2D eigenvalue weighted by Gasteiger charge is -2.02. The van der Waals surface area contributed by atoms with E-state index < -0.39 is 0 Å². The predicted molar refractivity (Wildman–Crippen MR) is 67.2 cm³/mol. The molecule has 0 aliphatic rings. The summed E-state index contributed by atoms with van der Waals surface area (Å²) in [7, 11) is 0. The topological polar surface area (TPSA) is 73.9 Å². The molecule has 2 aromatic heterocycles. The van der Waals surface area contributed by atoms with Crippen molar-refractivity contribution in [1.82, 2.24) is 15.2 Å². The van der Waals surface area contributed by atoms with Gasteiger partial charge in [0.15, 0.2) is 0 Å². The molecule has 0 bridgehead atoms. The van der Waals surface area contributed by atoms with Gasteiger partial charge >= 0.3 is 0 Å². The van der Waals surface area contributed by atoms with Crippen LogP contribution in [0.5, 0.6) is 5.88 Å². The van der Waals surface area contributed by atoms with Crippen LogP contribution in [-0.2, 0) is 0 Å². The largest absolute Gasteiger partial charge is 0.475 e. The van der Waals surface area contributed by atoms with Crippen molar-refractivity contribution < 1.29 is 4.74 Å². The van der Waals surface area contributed by atoms with Crippen molar-refractivity contribution >= 4 is 11.3 Å². The molecule has 2 rings (SSSR count). The molecule has 0 atom stereocenters. The van der Waals surface area contributed by atoms with Gasteiger partial charge in [-0.15, -0.1) is 21.5 Å². The summed E-state index contributed by atoms with van der Waals surface area (Å²) in [6.45, 7) is 4.87. The Hall–Kier alpha value is -1.53. The molecule has 0 aromatic carbocycles. The highest BCUT2D eigenvalue weighted by atomic mass is 32.1. The molecular formula is C11H14N4OS. The van der Waals surface area contributed by atoms with E-state index in [2.05, 4.69) is 15.2 Å². The van der Waals surface area contributed by atoms with Crippen LogP contribution in [0.4, 0.5) is 0 Å². The van der Waals surface area contributed by atoms with Crippen LogP contribution < -0.4 is 10.5 Å². The van der Waals surface area contributed by atoms with Gasteiger partial charge in [-0.1, -0.05) is 0 Å². The Labute approximate surface area is 104 Å². The van der Waals surface area contributed by atoms with Gasteiger partial charge in [-0.05, 0) is 19.9 Å². The Bertz CT molecular complexity index is 495. The van der Waals surface area contributed by atoms with Crippen molar-refractivity contribution in [3.63, 3.8) is 0 Å². The van der Waals surface area contributed by atoms with Crippen molar-refractivity contribution in [3.8, 4) is 16.5 Å². The number of hydrogen-bond donors (Lipinski definition) is 1. The van der Waals surface area contributed by atoms with Crippen LogP contribution in [0.3, 0.4) is 0 Å². The van der Waals surface area contributed by atoms with E-state index in [-0.39, 0.29) is 0 Å². The number of hydrogen-bond acceptors (Lipinski definition) is 6. The second kappa shape index (κ2) is 5.20. The maximum Gasteiger partial charge on any atom is 0.233 e. The summed E-state index contributed by atoms with van der Waals surface area (Å²) in [5.41, 5.74) is 7.15. The molecule has 5 nitrogen and oxygen atoms in total. The zero-order valence-corrected chi connectivity index (χ0v) is 10.6. The van der Waals surface area contributed by atoms with Crippen molar-refractivity contribution in [2.75, 3.05) is 13.2 Å². The number of aryl methyl sites for hydroxylation is 2. The van der Waals surface area contributed by atoms with E-state index in [0.29, 0.717) is 19.0 Å². The Morgan fingerprint density at radius 1 is 1.29 bits per heavy atom. The monoisotopic (exact) mass is 250 g/mol. The van der Waals surface area contributed by atoms with Crippen LogP contribution in [0.1, 0.15) is 10.7 Å². The average molecular weight is 250 g/mol. The van der Waals surface area contributed by atoms with E-state index in [1.165, 1.54) is 0 Å². The molecule has 90 valence electrons. The van der Waals surface area contributed by atoms with Gasteiger partial charge in [0, 0.05) is 12.6 Å². The highest BCUT2D eigenvalue weighted by molar-refractivity contribution is 7.15. The summed E-state index contributed by atoms with van der Waals surface area (Å²) >= 11 is 1.62. The zero-order chi connectivity index (χ0) is 12.3. The van der Waals surface area contributed by atoms with Gasteiger partial charge in [0.25, 0.3) is 0 Å². The smallest absolute Gasteiger partial charge is 0.233 e. The molecule has 0 aliphatic carbocycles. The first-order chi connectivity index (χ1) is 8.20. The van der Waals surface area contributed by atoms with E-state index in [4.69, 9.17) is 10.5 Å². The number of ether oxygens (including phenoxy) is 1. The first-order valence-corrected chi connectivity index (χ1v) is 6.13. The lowest BCUT2D eigenvalue weighted by atomic mass is 10.3. The van der Waals surface area contributed by atoms with Crippen molar-refractivity contribution in [3.05, 3.63) is 22.8 Å². The zero-order valence-electron chi connectivity index (χ0n) is 9.80. The normalized spacial score (nSPS) is 10.5. The lowest BCUT2D eigenvalue weighted by Crippen LogP contribution is -2.11. The summed E-state index contributed by atoms with van der Waals surface area (Å²) in [4.78, 5) is 5.42. The minimum Gasteiger partial charge on any atom is -0.475 e. The molecule has 0 saturated carbocycles. The van der Waals surface area contributed by atoms with Crippen LogP contribution in [0, 0.1) is 13.8 Å². The minimum absolute atomic E-state index is 0.451. The quantitative estimate of drug-likeness (QED) is 0.891. The van der Waals surface area contributed by atoms with E-state index in [1.54, 1.807) is 17.4 Å². The fourth-order valence-electron chi connectivity index (χ4n) is 1.45. The third kappa shape index (κ3) is 2.78. The van der Waals surface area contributed by atoms with Gasteiger partial charge in [-0.25, -0.2) is 4.98 Å². The van der Waals surface area contributed by atoms with Crippen LogP contribution in [0.15, 0.2) is 12.1 Å². The molecule has 0 aliphatic heterocycles. The highest BCUT2D eigenvalue weighted by Gasteiger charge is 2.09. The maximum absolute atomic E-state index is 5.34. The van der Waals surface area contributed by atoms with Gasteiger partial charge in [0.05, 0.1) is 15.6 Å². The van der Waals surface area contributed by atoms with E-state index >= 15 is 0 Å². The second-order valence-electron chi connectivity index (χ2n) is 3.54. The molecule has 6 heteroatoms. The molecule has 0 saturated heterocycles. The van der Waals surface area contributed by atoms with E-state index in [0.717, 1.165) is 21.3 Å². The molecule has 0 spiro atoms. The fraction of sp³-hybridized carbons (Fsp3) is 0.364. The standard InChI is InChI=1S/C11H14N4OS/c1-7-11(17-8(2)13-7)9-3-4-10(15-14-9)16-6-5-12/h3-4H,5-6,12H2,1-2H3. The van der Waals surface area contributed by atoms with Gasteiger partial charge in [-0.2, -0.15) is 0 Å². The third-order valence-electron chi connectivity index (χ3n) is 2.14. The number of thiazole rings is 1. The second-order valence-corrected chi connectivity index (χ2v) is 4.74. The van der Waals surface area contributed by atoms with Crippen molar-refractivity contribution in [2.45, 2.75) is 13.8 Å². The molecule has 0 radical (unpaired) electrons. The molecule has 17 heavy (non-hydrogen) atoms. The number of nitrogens with zero attached hydrogens (tertiary/aromatic N) is 3. The number of nitrogens with two attached hydrogens (primary N) is 1. The fourth-order valence-corrected chi connectivity index (χ4v) is 2.34. The highest BCUT2D eigenvalue weighted by Crippen LogP contribution is 2.28. The summed E-state index contributed by atoms with van der Waals surface area (Å²) in [6.07, 6.45) is 0. The molecule has 0 amide bonds. The molecule has 2 aromatic rings. The van der Waals surface area contributed by atoms with Gasteiger partial charge < -0.3 is 10.5 Å². The predicted octanol–water partition coefficient (Wildman–Crippen LogP) is 1.55. The van der Waals surface area contributed by atoms with Crippen LogP contribution >= 0.6 is 11.3 Å². The summed E-state index contributed by atoms with van der Waals surface area (Å²) in [5, 5.41) is 9.16. The van der Waals surface area contributed by atoms with Crippen LogP contribution in [0.2, 0.25) is 0 Å². The third-order valence-corrected chi connectivity index (χ3v) is 3.24.